The highest BCUT2D eigenvalue weighted by atomic mass is 16.6. The van der Waals surface area contributed by atoms with Gasteiger partial charge in [0.2, 0.25) is 0 Å². The fraction of sp³-hybridized carbons (Fsp3) is 0.857. The third kappa shape index (κ3) is 5.07. The Labute approximate surface area is 109 Å². The average Bonchev–Trinajstić information content (AvgIpc) is 2.39. The first kappa shape index (κ1) is 15.0. The van der Waals surface area contributed by atoms with Crippen molar-refractivity contribution >= 4 is 11.9 Å². The second kappa shape index (κ2) is 6.21. The smallest absolute Gasteiger partial charge is 0.407 e. The number of ether oxygens (including phenoxy) is 1. The van der Waals surface area contributed by atoms with Gasteiger partial charge in [0, 0.05) is 12.0 Å². The largest absolute Gasteiger partial charge is 0.444 e. The molecule has 2 atom stereocenters. The van der Waals surface area contributed by atoms with Crippen LogP contribution in [0.2, 0.25) is 0 Å². The Hall–Kier alpha value is -1.06. The summed E-state index contributed by atoms with van der Waals surface area (Å²) in [4.78, 5) is 23.4. The minimum atomic E-state index is -0.499. The van der Waals surface area contributed by atoms with E-state index in [2.05, 4.69) is 5.32 Å². The molecule has 18 heavy (non-hydrogen) atoms. The van der Waals surface area contributed by atoms with Gasteiger partial charge in [-0.25, -0.2) is 4.79 Å². The van der Waals surface area contributed by atoms with Gasteiger partial charge in [0.15, 0.2) is 0 Å². The quantitative estimate of drug-likeness (QED) is 0.772. The molecule has 0 aliphatic heterocycles. The van der Waals surface area contributed by atoms with Crippen molar-refractivity contribution < 1.29 is 14.3 Å². The number of alkyl carbamates (subject to hydrolysis) is 1. The Morgan fingerprint density at radius 2 is 1.72 bits per heavy atom. The third-order valence-corrected chi connectivity index (χ3v) is 3.24. The molecule has 1 N–H and O–H groups in total. The first-order chi connectivity index (χ1) is 8.29. The van der Waals surface area contributed by atoms with Crippen molar-refractivity contribution in [2.45, 2.75) is 71.4 Å². The zero-order chi connectivity index (χ0) is 13.8. The van der Waals surface area contributed by atoms with E-state index in [4.69, 9.17) is 4.74 Å². The molecule has 104 valence electrons. The minimum Gasteiger partial charge on any atom is -0.444 e. The van der Waals surface area contributed by atoms with Crippen molar-refractivity contribution in [1.82, 2.24) is 5.32 Å². The van der Waals surface area contributed by atoms with E-state index in [0.717, 1.165) is 32.1 Å². The zero-order valence-electron chi connectivity index (χ0n) is 11.9. The van der Waals surface area contributed by atoms with Gasteiger partial charge in [-0.3, -0.25) is 4.79 Å². The lowest BCUT2D eigenvalue weighted by atomic mass is 9.91. The first-order valence-corrected chi connectivity index (χ1v) is 6.79. The van der Waals surface area contributed by atoms with Crippen molar-refractivity contribution in [1.29, 1.82) is 0 Å². The predicted molar refractivity (Wildman–Crippen MR) is 70.4 cm³/mol. The number of rotatable bonds is 2. The van der Waals surface area contributed by atoms with Crippen LogP contribution in [0.25, 0.3) is 0 Å². The molecule has 0 aromatic carbocycles. The molecule has 0 aromatic rings. The van der Waals surface area contributed by atoms with Crippen LogP contribution in [0.3, 0.4) is 0 Å². The molecular weight excluding hydrogens is 230 g/mol. The molecule has 0 radical (unpaired) electrons. The Morgan fingerprint density at radius 1 is 1.11 bits per heavy atom. The van der Waals surface area contributed by atoms with Crippen molar-refractivity contribution in [2.75, 3.05) is 0 Å². The van der Waals surface area contributed by atoms with Crippen LogP contribution >= 0.6 is 0 Å². The number of nitrogens with one attached hydrogen (secondary N) is 1. The van der Waals surface area contributed by atoms with Gasteiger partial charge >= 0.3 is 6.09 Å². The number of Topliss-reactive ketones (excluding diaryl/α,β-unsaturated/α-hetero) is 1. The van der Waals surface area contributed by atoms with Crippen LogP contribution < -0.4 is 5.32 Å². The van der Waals surface area contributed by atoms with Gasteiger partial charge in [0.25, 0.3) is 0 Å². The van der Waals surface area contributed by atoms with Gasteiger partial charge in [-0.1, -0.05) is 19.3 Å². The third-order valence-electron chi connectivity index (χ3n) is 3.24. The van der Waals surface area contributed by atoms with Crippen molar-refractivity contribution in [2.24, 2.45) is 5.92 Å². The molecule has 0 saturated heterocycles. The van der Waals surface area contributed by atoms with Crippen LogP contribution in [0.1, 0.15) is 59.8 Å². The molecule has 4 heteroatoms. The number of hydrogen-bond donors (Lipinski definition) is 1. The standard InChI is InChI=1S/C14H25NO3/c1-10(16)11-8-6-5-7-9-12(11)15-13(17)18-14(2,3)4/h11-12H,5-9H2,1-4H3,(H,15,17)/t11-,12-/m1/s1. The van der Waals surface area contributed by atoms with E-state index in [1.807, 2.05) is 20.8 Å². The number of amides is 1. The lowest BCUT2D eigenvalue weighted by Crippen LogP contribution is -2.44. The van der Waals surface area contributed by atoms with Gasteiger partial charge in [0.1, 0.15) is 11.4 Å². The van der Waals surface area contributed by atoms with Crippen LogP contribution in [-0.4, -0.2) is 23.5 Å². The minimum absolute atomic E-state index is 0.0555. The summed E-state index contributed by atoms with van der Waals surface area (Å²) in [6.07, 6.45) is 4.58. The monoisotopic (exact) mass is 255 g/mol. The predicted octanol–water partition coefficient (Wildman–Crippen LogP) is 3.05. The second-order valence-electron chi connectivity index (χ2n) is 6.11. The molecule has 1 fully saturated rings. The van der Waals surface area contributed by atoms with Crippen molar-refractivity contribution in [3.05, 3.63) is 0 Å². The van der Waals surface area contributed by atoms with Crippen LogP contribution in [0, 0.1) is 5.92 Å². The highest BCUT2D eigenvalue weighted by molar-refractivity contribution is 5.80. The average molecular weight is 255 g/mol. The second-order valence-corrected chi connectivity index (χ2v) is 6.11. The molecule has 1 aliphatic carbocycles. The van der Waals surface area contributed by atoms with Crippen LogP contribution in [-0.2, 0) is 9.53 Å². The summed E-state index contributed by atoms with van der Waals surface area (Å²) >= 11 is 0. The molecule has 0 heterocycles. The fourth-order valence-electron chi connectivity index (χ4n) is 2.43. The van der Waals surface area contributed by atoms with E-state index in [9.17, 15) is 9.59 Å². The maximum absolute atomic E-state index is 11.8. The lowest BCUT2D eigenvalue weighted by molar-refractivity contribution is -0.121. The maximum atomic E-state index is 11.8. The molecular formula is C14H25NO3. The molecule has 1 aliphatic rings. The first-order valence-electron chi connectivity index (χ1n) is 6.79. The van der Waals surface area contributed by atoms with Crippen LogP contribution in [0.5, 0.6) is 0 Å². The van der Waals surface area contributed by atoms with Gasteiger partial charge in [-0.15, -0.1) is 0 Å². The Kier molecular flexibility index (Phi) is 5.17. The topological polar surface area (TPSA) is 55.4 Å². The maximum Gasteiger partial charge on any atom is 0.407 e. The highest BCUT2D eigenvalue weighted by Crippen LogP contribution is 2.24. The number of carbonyl (C=O) groups is 2. The van der Waals surface area contributed by atoms with Crippen LogP contribution in [0.4, 0.5) is 4.79 Å². The molecule has 0 spiro atoms. The molecule has 1 amide bonds. The normalized spacial score (nSPS) is 25.1. The van der Waals surface area contributed by atoms with E-state index in [0.29, 0.717) is 0 Å². The number of hydrogen-bond acceptors (Lipinski definition) is 3. The van der Waals surface area contributed by atoms with E-state index >= 15 is 0 Å². The molecule has 1 rings (SSSR count). The van der Waals surface area contributed by atoms with E-state index in [-0.39, 0.29) is 17.7 Å². The van der Waals surface area contributed by atoms with Crippen molar-refractivity contribution in [3.8, 4) is 0 Å². The van der Waals surface area contributed by atoms with Gasteiger partial charge in [-0.2, -0.15) is 0 Å². The summed E-state index contributed by atoms with van der Waals surface area (Å²) in [5.74, 6) is 0.109. The molecule has 4 nitrogen and oxygen atoms in total. The number of carbonyl (C=O) groups excluding carboxylic acids is 2. The summed E-state index contributed by atoms with van der Waals surface area (Å²) in [5.41, 5.74) is -0.499. The Morgan fingerprint density at radius 3 is 2.28 bits per heavy atom. The highest BCUT2D eigenvalue weighted by Gasteiger charge is 2.29. The van der Waals surface area contributed by atoms with Gasteiger partial charge in [-0.05, 0) is 40.5 Å². The summed E-state index contributed by atoms with van der Waals surface area (Å²) in [5, 5.41) is 2.86. The molecule has 0 unspecified atom stereocenters. The Balaban J connectivity index is 2.60. The van der Waals surface area contributed by atoms with E-state index in [1.165, 1.54) is 0 Å². The lowest BCUT2D eigenvalue weighted by Gasteiger charge is -2.26. The fourth-order valence-corrected chi connectivity index (χ4v) is 2.43. The SMILES string of the molecule is CC(=O)[C@H]1CCCCC[C@H]1NC(=O)OC(C)(C)C. The van der Waals surface area contributed by atoms with E-state index < -0.39 is 11.7 Å². The molecule has 0 aromatic heterocycles. The van der Waals surface area contributed by atoms with Gasteiger partial charge < -0.3 is 10.1 Å². The Bertz CT molecular complexity index is 307. The summed E-state index contributed by atoms with van der Waals surface area (Å²) in [6, 6.07) is -0.0696. The summed E-state index contributed by atoms with van der Waals surface area (Å²) < 4.78 is 5.25. The van der Waals surface area contributed by atoms with E-state index in [1.54, 1.807) is 6.92 Å². The summed E-state index contributed by atoms with van der Waals surface area (Å²) in [6.45, 7) is 7.12. The zero-order valence-corrected chi connectivity index (χ0v) is 11.9. The van der Waals surface area contributed by atoms with Gasteiger partial charge in [0.05, 0.1) is 0 Å². The van der Waals surface area contributed by atoms with Crippen molar-refractivity contribution in [3.63, 3.8) is 0 Å². The molecule has 1 saturated carbocycles. The number of ketones is 1. The summed E-state index contributed by atoms with van der Waals surface area (Å²) in [7, 11) is 0. The van der Waals surface area contributed by atoms with Crippen LogP contribution in [0.15, 0.2) is 0 Å². The molecule has 0 bridgehead atoms.